The van der Waals surface area contributed by atoms with Gasteiger partial charge in [-0.25, -0.2) is 4.98 Å². The number of rotatable bonds is 1. The van der Waals surface area contributed by atoms with Crippen molar-refractivity contribution in [2.45, 2.75) is 18.9 Å². The van der Waals surface area contributed by atoms with Gasteiger partial charge in [0.15, 0.2) is 0 Å². The van der Waals surface area contributed by atoms with Gasteiger partial charge in [-0.05, 0) is 37.3 Å². The summed E-state index contributed by atoms with van der Waals surface area (Å²) in [5, 5.41) is 11.2. The molecule has 0 atom stereocenters. The van der Waals surface area contributed by atoms with Crippen molar-refractivity contribution in [2.75, 3.05) is 6.26 Å². The van der Waals surface area contributed by atoms with E-state index in [9.17, 15) is 5.26 Å². The van der Waals surface area contributed by atoms with Crippen LogP contribution in [0.4, 0.5) is 0 Å². The Balaban J connectivity index is 2.98. The third kappa shape index (κ3) is 1.56. The summed E-state index contributed by atoms with van der Waals surface area (Å²) in [6, 6.07) is 8.26. The van der Waals surface area contributed by atoms with Gasteiger partial charge < -0.3 is 0 Å². The molecule has 0 saturated carbocycles. The fraction of sp³-hybridized carbons (Fsp3) is 0.231. The third-order valence-electron chi connectivity index (χ3n) is 2.72. The minimum atomic E-state index is 0.757. The lowest BCUT2D eigenvalue weighted by Crippen LogP contribution is -1.95. The summed E-state index contributed by atoms with van der Waals surface area (Å²) in [6.45, 7) is 3.98. The number of aromatic nitrogens is 1. The lowest BCUT2D eigenvalue weighted by molar-refractivity contribution is 1.12. The number of benzene rings is 1. The average molecular weight is 228 g/mol. The molecule has 0 amide bonds. The predicted molar refractivity (Wildman–Crippen MR) is 67.7 cm³/mol. The highest BCUT2D eigenvalue weighted by Crippen LogP contribution is 2.29. The number of aryl methyl sites for hydroxylation is 1. The van der Waals surface area contributed by atoms with Crippen molar-refractivity contribution < 1.29 is 0 Å². The summed E-state index contributed by atoms with van der Waals surface area (Å²) in [7, 11) is 0. The molecular formula is C13H12N2S. The van der Waals surface area contributed by atoms with E-state index in [1.165, 1.54) is 0 Å². The molecule has 2 rings (SSSR count). The Morgan fingerprint density at radius 3 is 2.69 bits per heavy atom. The van der Waals surface area contributed by atoms with E-state index in [4.69, 9.17) is 0 Å². The van der Waals surface area contributed by atoms with Crippen molar-refractivity contribution in [3.8, 4) is 6.07 Å². The van der Waals surface area contributed by atoms with Crippen LogP contribution in [0.5, 0.6) is 0 Å². The first-order valence-corrected chi connectivity index (χ1v) is 6.25. The second kappa shape index (κ2) is 4.15. The number of nitrogens with zero attached hydrogens (tertiary/aromatic N) is 2. The Hall–Kier alpha value is -1.53. The Kier molecular flexibility index (Phi) is 2.84. The molecule has 2 aromatic rings. The van der Waals surface area contributed by atoms with E-state index in [-0.39, 0.29) is 0 Å². The molecule has 0 aliphatic carbocycles. The molecule has 2 nitrogen and oxygen atoms in total. The lowest BCUT2D eigenvalue weighted by Gasteiger charge is -2.09. The van der Waals surface area contributed by atoms with E-state index in [2.05, 4.69) is 11.1 Å². The Bertz CT molecular complexity index is 597. The van der Waals surface area contributed by atoms with Gasteiger partial charge in [-0.1, -0.05) is 12.1 Å². The standard InChI is InChI=1S/C13H12N2S/c1-8-5-4-6-11-12(8)10(7-14)9(2)13(15-11)16-3/h4-6H,1-3H3. The third-order valence-corrected chi connectivity index (χ3v) is 3.51. The Labute approximate surface area is 99.3 Å². The summed E-state index contributed by atoms with van der Waals surface area (Å²) in [4.78, 5) is 4.57. The lowest BCUT2D eigenvalue weighted by atomic mass is 10.0. The van der Waals surface area contributed by atoms with Gasteiger partial charge in [0.1, 0.15) is 11.1 Å². The zero-order chi connectivity index (χ0) is 11.7. The summed E-state index contributed by atoms with van der Waals surface area (Å²) in [6.07, 6.45) is 1.98. The highest BCUT2D eigenvalue weighted by Gasteiger charge is 2.12. The van der Waals surface area contributed by atoms with E-state index in [0.717, 1.165) is 32.6 Å². The van der Waals surface area contributed by atoms with Gasteiger partial charge in [-0.2, -0.15) is 5.26 Å². The molecule has 3 heteroatoms. The largest absolute Gasteiger partial charge is 0.241 e. The van der Waals surface area contributed by atoms with Crippen LogP contribution in [-0.2, 0) is 0 Å². The molecular weight excluding hydrogens is 216 g/mol. The number of fused-ring (bicyclic) bond motifs is 1. The van der Waals surface area contributed by atoms with E-state index in [1.54, 1.807) is 11.8 Å². The highest BCUT2D eigenvalue weighted by molar-refractivity contribution is 7.98. The quantitative estimate of drug-likeness (QED) is 0.701. The van der Waals surface area contributed by atoms with Crippen LogP contribution >= 0.6 is 11.8 Å². The molecule has 1 heterocycles. The average Bonchev–Trinajstić information content (AvgIpc) is 2.29. The van der Waals surface area contributed by atoms with Crippen LogP contribution in [0, 0.1) is 25.2 Å². The zero-order valence-corrected chi connectivity index (χ0v) is 10.4. The molecule has 0 aliphatic heterocycles. The smallest absolute Gasteiger partial charge is 0.101 e. The van der Waals surface area contributed by atoms with Crippen molar-refractivity contribution in [3.63, 3.8) is 0 Å². The van der Waals surface area contributed by atoms with Crippen LogP contribution in [0.25, 0.3) is 10.9 Å². The molecule has 1 aromatic heterocycles. The minimum absolute atomic E-state index is 0.757. The Morgan fingerprint density at radius 1 is 1.31 bits per heavy atom. The summed E-state index contributed by atoms with van der Waals surface area (Å²) in [5.41, 5.74) is 3.76. The molecule has 0 N–H and O–H groups in total. The molecule has 0 radical (unpaired) electrons. The maximum Gasteiger partial charge on any atom is 0.101 e. The second-order valence-corrected chi connectivity index (χ2v) is 4.50. The molecule has 0 aliphatic rings. The van der Waals surface area contributed by atoms with E-state index in [1.807, 2.05) is 38.3 Å². The number of nitriles is 1. The molecule has 1 aromatic carbocycles. The Morgan fingerprint density at radius 2 is 2.06 bits per heavy atom. The van der Waals surface area contributed by atoms with Gasteiger partial charge in [0.2, 0.25) is 0 Å². The summed E-state index contributed by atoms with van der Waals surface area (Å²) in [5.74, 6) is 0. The van der Waals surface area contributed by atoms with Crippen molar-refractivity contribution in [1.82, 2.24) is 4.98 Å². The zero-order valence-electron chi connectivity index (χ0n) is 9.53. The van der Waals surface area contributed by atoms with Crippen LogP contribution < -0.4 is 0 Å². The first-order valence-electron chi connectivity index (χ1n) is 5.03. The SMILES string of the molecule is CSc1nc2cccc(C)c2c(C#N)c1C. The first kappa shape index (κ1) is 11.0. The van der Waals surface area contributed by atoms with E-state index >= 15 is 0 Å². The van der Waals surface area contributed by atoms with E-state index in [0.29, 0.717) is 0 Å². The minimum Gasteiger partial charge on any atom is -0.241 e. The van der Waals surface area contributed by atoms with Gasteiger partial charge in [0.05, 0.1) is 11.1 Å². The van der Waals surface area contributed by atoms with Crippen molar-refractivity contribution >= 4 is 22.7 Å². The summed E-state index contributed by atoms with van der Waals surface area (Å²) >= 11 is 1.58. The predicted octanol–water partition coefficient (Wildman–Crippen LogP) is 3.45. The van der Waals surface area contributed by atoms with Crippen molar-refractivity contribution in [1.29, 1.82) is 5.26 Å². The molecule has 0 unspecified atom stereocenters. The van der Waals surface area contributed by atoms with Crippen LogP contribution in [0.1, 0.15) is 16.7 Å². The van der Waals surface area contributed by atoms with Gasteiger partial charge in [0.25, 0.3) is 0 Å². The number of pyridine rings is 1. The summed E-state index contributed by atoms with van der Waals surface area (Å²) < 4.78 is 0. The second-order valence-electron chi connectivity index (χ2n) is 3.70. The van der Waals surface area contributed by atoms with Gasteiger partial charge >= 0.3 is 0 Å². The molecule has 0 spiro atoms. The molecule has 0 bridgehead atoms. The number of hydrogen-bond donors (Lipinski definition) is 0. The molecule has 0 saturated heterocycles. The fourth-order valence-electron chi connectivity index (χ4n) is 1.90. The molecule has 16 heavy (non-hydrogen) atoms. The van der Waals surface area contributed by atoms with Crippen LogP contribution in [-0.4, -0.2) is 11.2 Å². The van der Waals surface area contributed by atoms with Crippen LogP contribution in [0.15, 0.2) is 23.2 Å². The van der Waals surface area contributed by atoms with Crippen molar-refractivity contribution in [3.05, 3.63) is 34.9 Å². The maximum absolute atomic E-state index is 9.27. The topological polar surface area (TPSA) is 36.7 Å². The first-order chi connectivity index (χ1) is 7.69. The highest BCUT2D eigenvalue weighted by atomic mass is 32.2. The van der Waals surface area contributed by atoms with Gasteiger partial charge in [-0.15, -0.1) is 11.8 Å². The molecule has 80 valence electrons. The monoisotopic (exact) mass is 228 g/mol. The van der Waals surface area contributed by atoms with E-state index < -0.39 is 0 Å². The number of thioether (sulfide) groups is 1. The maximum atomic E-state index is 9.27. The van der Waals surface area contributed by atoms with Crippen LogP contribution in [0.3, 0.4) is 0 Å². The fourth-order valence-corrected chi connectivity index (χ4v) is 2.49. The van der Waals surface area contributed by atoms with Crippen molar-refractivity contribution in [2.24, 2.45) is 0 Å². The normalized spacial score (nSPS) is 10.4. The molecule has 0 fully saturated rings. The van der Waals surface area contributed by atoms with Gasteiger partial charge in [0, 0.05) is 5.39 Å². The number of hydrogen-bond acceptors (Lipinski definition) is 3. The van der Waals surface area contributed by atoms with Crippen LogP contribution in [0.2, 0.25) is 0 Å². The van der Waals surface area contributed by atoms with Gasteiger partial charge in [-0.3, -0.25) is 0 Å².